The predicted molar refractivity (Wildman–Crippen MR) is 105 cm³/mol. The largest absolute Gasteiger partial charge is 0.338 e. The number of benzene rings is 1. The van der Waals surface area contributed by atoms with Crippen molar-refractivity contribution < 1.29 is 13.7 Å². The second-order valence-electron chi connectivity index (χ2n) is 7.62. The van der Waals surface area contributed by atoms with Gasteiger partial charge in [0, 0.05) is 38.3 Å². The van der Waals surface area contributed by atoms with Crippen molar-refractivity contribution in [1.29, 1.82) is 0 Å². The summed E-state index contributed by atoms with van der Waals surface area (Å²) in [5.41, 5.74) is 2.14. The first-order valence-corrected chi connectivity index (χ1v) is 9.87. The van der Waals surface area contributed by atoms with Crippen molar-refractivity contribution in [3.8, 4) is 11.5 Å². The highest BCUT2D eigenvalue weighted by atomic mass is 19.1. The molecule has 1 atom stereocenters. The lowest BCUT2D eigenvalue weighted by Crippen LogP contribution is -2.40. The van der Waals surface area contributed by atoms with E-state index >= 15 is 0 Å². The SMILES string of the molecule is Cc1nn(C)cc1C(=O)N1CCCC(CCc2noc(-c3ccc(F)cc3)n2)C1. The summed E-state index contributed by atoms with van der Waals surface area (Å²) in [4.78, 5) is 19.2. The fourth-order valence-corrected chi connectivity index (χ4v) is 3.86. The summed E-state index contributed by atoms with van der Waals surface area (Å²) < 4.78 is 20.0. The third kappa shape index (κ3) is 4.36. The molecule has 0 N–H and O–H groups in total. The molecule has 1 fully saturated rings. The van der Waals surface area contributed by atoms with Crippen molar-refractivity contribution in [2.75, 3.05) is 13.1 Å². The van der Waals surface area contributed by atoms with Gasteiger partial charge in [-0.1, -0.05) is 5.16 Å². The van der Waals surface area contributed by atoms with Gasteiger partial charge in [0.2, 0.25) is 0 Å². The number of hydrogen-bond acceptors (Lipinski definition) is 5. The predicted octanol–water partition coefficient (Wildman–Crippen LogP) is 3.40. The van der Waals surface area contributed by atoms with E-state index in [4.69, 9.17) is 4.52 Å². The topological polar surface area (TPSA) is 77.0 Å². The van der Waals surface area contributed by atoms with Gasteiger partial charge in [-0.15, -0.1) is 0 Å². The summed E-state index contributed by atoms with van der Waals surface area (Å²) in [6.45, 7) is 3.38. The fraction of sp³-hybridized carbons (Fsp3) is 0.429. The molecule has 0 saturated carbocycles. The molecule has 0 bridgehead atoms. The number of amides is 1. The van der Waals surface area contributed by atoms with Crippen LogP contribution in [-0.4, -0.2) is 43.8 Å². The number of likely N-dealkylation sites (tertiary alicyclic amines) is 1. The van der Waals surface area contributed by atoms with Crippen molar-refractivity contribution in [3.63, 3.8) is 0 Å². The number of aryl methyl sites for hydroxylation is 3. The Morgan fingerprint density at radius 3 is 2.83 bits per heavy atom. The van der Waals surface area contributed by atoms with Gasteiger partial charge in [0.15, 0.2) is 5.82 Å². The highest BCUT2D eigenvalue weighted by Gasteiger charge is 2.26. The Labute approximate surface area is 168 Å². The summed E-state index contributed by atoms with van der Waals surface area (Å²) in [7, 11) is 1.83. The number of halogens is 1. The van der Waals surface area contributed by atoms with Crippen LogP contribution in [0.2, 0.25) is 0 Å². The van der Waals surface area contributed by atoms with E-state index < -0.39 is 0 Å². The molecule has 29 heavy (non-hydrogen) atoms. The lowest BCUT2D eigenvalue weighted by Gasteiger charge is -2.32. The molecular formula is C21H24FN5O2. The van der Waals surface area contributed by atoms with Crippen LogP contribution in [-0.2, 0) is 13.5 Å². The molecule has 152 valence electrons. The summed E-state index contributed by atoms with van der Waals surface area (Å²) in [5.74, 6) is 1.19. The van der Waals surface area contributed by atoms with Gasteiger partial charge in [-0.05, 0) is 56.4 Å². The monoisotopic (exact) mass is 397 g/mol. The van der Waals surface area contributed by atoms with E-state index in [2.05, 4.69) is 15.2 Å². The Morgan fingerprint density at radius 2 is 2.10 bits per heavy atom. The van der Waals surface area contributed by atoms with Crippen LogP contribution in [0.15, 0.2) is 35.0 Å². The summed E-state index contributed by atoms with van der Waals surface area (Å²) >= 11 is 0. The fourth-order valence-electron chi connectivity index (χ4n) is 3.86. The molecule has 0 aliphatic carbocycles. The van der Waals surface area contributed by atoms with Crippen LogP contribution in [0.5, 0.6) is 0 Å². The molecule has 1 aliphatic rings. The van der Waals surface area contributed by atoms with E-state index in [1.54, 1.807) is 23.0 Å². The van der Waals surface area contributed by atoms with Crippen molar-refractivity contribution >= 4 is 5.91 Å². The molecule has 1 saturated heterocycles. The van der Waals surface area contributed by atoms with E-state index in [1.807, 2.05) is 18.9 Å². The third-order valence-corrected chi connectivity index (χ3v) is 5.39. The van der Waals surface area contributed by atoms with E-state index in [1.165, 1.54) is 12.1 Å². The Bertz CT molecular complexity index is 995. The van der Waals surface area contributed by atoms with Gasteiger partial charge >= 0.3 is 0 Å². The van der Waals surface area contributed by atoms with Crippen molar-refractivity contribution in [2.45, 2.75) is 32.6 Å². The maximum Gasteiger partial charge on any atom is 0.257 e. The summed E-state index contributed by atoms with van der Waals surface area (Å²) in [6, 6.07) is 5.99. The summed E-state index contributed by atoms with van der Waals surface area (Å²) in [6.07, 6.45) is 5.43. The lowest BCUT2D eigenvalue weighted by atomic mass is 9.93. The molecule has 1 unspecified atom stereocenters. The molecule has 7 nitrogen and oxygen atoms in total. The Hall–Kier alpha value is -3.03. The molecule has 3 heterocycles. The molecule has 2 aromatic heterocycles. The van der Waals surface area contributed by atoms with Crippen LogP contribution in [0.3, 0.4) is 0 Å². The van der Waals surface area contributed by atoms with Crippen LogP contribution in [0.1, 0.15) is 41.1 Å². The number of rotatable bonds is 5. The highest BCUT2D eigenvalue weighted by molar-refractivity contribution is 5.95. The minimum Gasteiger partial charge on any atom is -0.338 e. The molecule has 1 amide bonds. The van der Waals surface area contributed by atoms with Gasteiger partial charge in [0.1, 0.15) is 5.82 Å². The van der Waals surface area contributed by atoms with Gasteiger partial charge in [-0.3, -0.25) is 9.48 Å². The molecule has 8 heteroatoms. The maximum atomic E-state index is 13.1. The number of hydrogen-bond donors (Lipinski definition) is 0. The van der Waals surface area contributed by atoms with E-state index in [0.717, 1.165) is 38.0 Å². The average Bonchev–Trinajstić information content (AvgIpc) is 3.32. The first kappa shape index (κ1) is 19.3. The number of nitrogens with zero attached hydrogens (tertiary/aromatic N) is 5. The first-order valence-electron chi connectivity index (χ1n) is 9.87. The van der Waals surface area contributed by atoms with Crippen LogP contribution >= 0.6 is 0 Å². The second kappa shape index (κ2) is 8.14. The van der Waals surface area contributed by atoms with Crippen molar-refractivity contribution in [3.05, 3.63) is 53.4 Å². The first-order chi connectivity index (χ1) is 14.0. The van der Waals surface area contributed by atoms with Gasteiger partial charge in [-0.2, -0.15) is 10.1 Å². The number of carbonyl (C=O) groups is 1. The molecule has 0 spiro atoms. The molecular weight excluding hydrogens is 373 g/mol. The smallest absolute Gasteiger partial charge is 0.257 e. The van der Waals surface area contributed by atoms with Crippen LogP contribution in [0.4, 0.5) is 4.39 Å². The number of piperidine rings is 1. The molecule has 1 aliphatic heterocycles. The van der Waals surface area contributed by atoms with Gasteiger partial charge < -0.3 is 9.42 Å². The lowest BCUT2D eigenvalue weighted by molar-refractivity contribution is 0.0667. The third-order valence-electron chi connectivity index (χ3n) is 5.39. The normalized spacial score (nSPS) is 16.9. The van der Waals surface area contributed by atoms with Gasteiger partial charge in [0.25, 0.3) is 11.8 Å². The Kier molecular flexibility index (Phi) is 5.42. The van der Waals surface area contributed by atoms with E-state index in [-0.39, 0.29) is 11.7 Å². The zero-order valence-corrected chi connectivity index (χ0v) is 16.6. The highest BCUT2D eigenvalue weighted by Crippen LogP contribution is 2.24. The van der Waals surface area contributed by atoms with Crippen LogP contribution in [0.25, 0.3) is 11.5 Å². The zero-order chi connectivity index (χ0) is 20.4. The molecule has 0 radical (unpaired) electrons. The van der Waals surface area contributed by atoms with Gasteiger partial charge in [-0.25, -0.2) is 4.39 Å². The van der Waals surface area contributed by atoms with Crippen LogP contribution < -0.4 is 0 Å². The van der Waals surface area contributed by atoms with Gasteiger partial charge in [0.05, 0.1) is 11.3 Å². The Balaban J connectivity index is 1.35. The number of carbonyl (C=O) groups excluding carboxylic acids is 1. The standard InChI is InChI=1S/C21H24FN5O2/c1-14-18(13-26(2)24-14)21(28)27-11-3-4-15(12-27)5-10-19-23-20(29-25-19)16-6-8-17(22)9-7-16/h6-9,13,15H,3-5,10-12H2,1-2H3. The number of aromatic nitrogens is 4. The van der Waals surface area contributed by atoms with Crippen LogP contribution in [0, 0.1) is 18.7 Å². The summed E-state index contributed by atoms with van der Waals surface area (Å²) in [5, 5.41) is 8.32. The van der Waals surface area contributed by atoms with Crippen molar-refractivity contribution in [2.24, 2.45) is 13.0 Å². The quantitative estimate of drug-likeness (QED) is 0.659. The molecule has 1 aromatic carbocycles. The molecule has 4 rings (SSSR count). The van der Waals surface area contributed by atoms with E-state index in [9.17, 15) is 9.18 Å². The molecule has 3 aromatic rings. The zero-order valence-electron chi connectivity index (χ0n) is 16.6. The maximum absolute atomic E-state index is 13.1. The average molecular weight is 397 g/mol. The minimum atomic E-state index is -0.300. The minimum absolute atomic E-state index is 0.0541. The second-order valence-corrected chi connectivity index (χ2v) is 7.62. The van der Waals surface area contributed by atoms with E-state index in [0.29, 0.717) is 35.2 Å². The Morgan fingerprint density at radius 1 is 1.31 bits per heavy atom. The van der Waals surface area contributed by atoms with Crippen molar-refractivity contribution in [1.82, 2.24) is 24.8 Å².